The molecule has 5 atom stereocenters. The molecule has 0 radical (unpaired) electrons. The van der Waals surface area contributed by atoms with Gasteiger partial charge in [-0.3, -0.25) is 0 Å². The van der Waals surface area contributed by atoms with Crippen LogP contribution in [0, 0.1) is 53.6 Å². The molecule has 8 fully saturated rings. The van der Waals surface area contributed by atoms with Gasteiger partial charge in [0.05, 0.1) is 0 Å². The highest BCUT2D eigenvalue weighted by Crippen LogP contribution is 2.78. The molecule has 0 aromatic rings. The number of nitrogens with zero attached hydrogens (tertiary/aromatic N) is 2. The minimum absolute atomic E-state index is 0.0169. The van der Waals surface area contributed by atoms with Gasteiger partial charge < -0.3 is 9.69 Å². The maximum atomic E-state index is 8.19. The fourth-order valence-electron chi connectivity index (χ4n) is 10.9. The summed E-state index contributed by atoms with van der Waals surface area (Å²) in [5.41, 5.74) is 0.768. The molecule has 8 bridgehead atoms. The van der Waals surface area contributed by atoms with Crippen LogP contribution in [0.5, 0.6) is 0 Å². The SMILES string of the molecule is [C-]#[N+]C12CC3CC(C1)CC(C14CC5CC(CC([N+]#[C-])(C5)C1CC)C4)(C3)C2. The number of rotatable bonds is 2. The highest BCUT2D eigenvalue weighted by molar-refractivity contribution is 5.28. The Labute approximate surface area is 158 Å². The Morgan fingerprint density at radius 3 is 1.85 bits per heavy atom. The second-order valence-corrected chi connectivity index (χ2v) is 11.7. The fraction of sp³-hybridized carbons (Fsp3) is 0.917. The van der Waals surface area contributed by atoms with Crippen molar-refractivity contribution in [3.63, 3.8) is 0 Å². The second-order valence-electron chi connectivity index (χ2n) is 11.7. The van der Waals surface area contributed by atoms with Gasteiger partial charge in [0.1, 0.15) is 0 Å². The van der Waals surface area contributed by atoms with Crippen molar-refractivity contribution in [2.45, 2.75) is 95.1 Å². The van der Waals surface area contributed by atoms with Gasteiger partial charge in [0, 0.05) is 38.0 Å². The van der Waals surface area contributed by atoms with E-state index in [2.05, 4.69) is 16.6 Å². The maximum Gasteiger partial charge on any atom is 0.236 e. The first kappa shape index (κ1) is 16.0. The van der Waals surface area contributed by atoms with Gasteiger partial charge in [-0.05, 0) is 79.4 Å². The van der Waals surface area contributed by atoms with Gasteiger partial charge in [0.25, 0.3) is 0 Å². The molecule has 0 heterocycles. The Kier molecular flexibility index (Phi) is 2.88. The van der Waals surface area contributed by atoms with E-state index in [-0.39, 0.29) is 11.1 Å². The minimum atomic E-state index is -0.0343. The van der Waals surface area contributed by atoms with Crippen molar-refractivity contribution in [1.82, 2.24) is 0 Å². The average molecular weight is 349 g/mol. The summed E-state index contributed by atoms with van der Waals surface area (Å²) in [5.74, 6) is 3.88. The zero-order chi connectivity index (χ0) is 17.8. The van der Waals surface area contributed by atoms with Crippen LogP contribution in [0.25, 0.3) is 9.69 Å². The van der Waals surface area contributed by atoms with Crippen LogP contribution in [0.4, 0.5) is 0 Å². The molecule has 8 saturated carbocycles. The first-order chi connectivity index (χ1) is 12.5. The van der Waals surface area contributed by atoms with E-state index >= 15 is 0 Å². The molecule has 8 rings (SSSR count). The Balaban J connectivity index is 1.52. The molecular formula is C24H32N2. The molecule has 2 nitrogen and oxygen atoms in total. The molecule has 0 amide bonds. The Morgan fingerprint density at radius 2 is 1.35 bits per heavy atom. The van der Waals surface area contributed by atoms with Crippen LogP contribution in [0.1, 0.15) is 84.0 Å². The topological polar surface area (TPSA) is 8.72 Å². The molecule has 0 aromatic carbocycles. The van der Waals surface area contributed by atoms with Gasteiger partial charge in [-0.2, -0.15) is 0 Å². The van der Waals surface area contributed by atoms with Gasteiger partial charge in [0.2, 0.25) is 11.1 Å². The Hall–Kier alpha value is -1.02. The second kappa shape index (κ2) is 4.69. The quantitative estimate of drug-likeness (QED) is 0.530. The lowest BCUT2D eigenvalue weighted by Crippen LogP contribution is -2.70. The monoisotopic (exact) mass is 348 g/mol. The van der Waals surface area contributed by atoms with Gasteiger partial charge in [-0.1, -0.05) is 6.92 Å². The molecule has 138 valence electrons. The average Bonchev–Trinajstić information content (AvgIpc) is 2.60. The van der Waals surface area contributed by atoms with Crippen LogP contribution in [0.3, 0.4) is 0 Å². The van der Waals surface area contributed by atoms with E-state index in [4.69, 9.17) is 13.1 Å². The van der Waals surface area contributed by atoms with Gasteiger partial charge >= 0.3 is 0 Å². The molecule has 0 spiro atoms. The van der Waals surface area contributed by atoms with E-state index in [0.717, 1.165) is 23.7 Å². The summed E-state index contributed by atoms with van der Waals surface area (Å²) in [6.45, 7) is 18.6. The third kappa shape index (κ3) is 1.65. The fourth-order valence-corrected chi connectivity index (χ4v) is 10.9. The third-order valence-electron chi connectivity index (χ3n) is 10.5. The lowest BCUT2D eigenvalue weighted by atomic mass is 9.30. The van der Waals surface area contributed by atoms with Crippen LogP contribution < -0.4 is 0 Å². The number of hydrogen-bond donors (Lipinski definition) is 0. The molecule has 8 aliphatic carbocycles. The molecule has 0 aliphatic heterocycles. The van der Waals surface area contributed by atoms with Crippen molar-refractivity contribution in [1.29, 1.82) is 0 Å². The smallest absolute Gasteiger partial charge is 0.236 e. The molecule has 2 heteroatoms. The van der Waals surface area contributed by atoms with E-state index in [9.17, 15) is 0 Å². The third-order valence-corrected chi connectivity index (χ3v) is 10.5. The molecule has 26 heavy (non-hydrogen) atoms. The van der Waals surface area contributed by atoms with E-state index in [0.29, 0.717) is 16.7 Å². The van der Waals surface area contributed by atoms with Crippen molar-refractivity contribution < 1.29 is 0 Å². The lowest BCUT2D eigenvalue weighted by Gasteiger charge is -2.72. The minimum Gasteiger partial charge on any atom is -0.310 e. The van der Waals surface area contributed by atoms with E-state index in [1.54, 1.807) is 0 Å². The lowest BCUT2D eigenvalue weighted by molar-refractivity contribution is -0.230. The Bertz CT molecular complexity index is 708. The molecule has 0 saturated heterocycles. The summed E-state index contributed by atoms with van der Waals surface area (Å²) < 4.78 is 0. The molecule has 8 aliphatic rings. The summed E-state index contributed by atoms with van der Waals surface area (Å²) >= 11 is 0. The van der Waals surface area contributed by atoms with Gasteiger partial charge in [0.15, 0.2) is 0 Å². The molecule has 5 unspecified atom stereocenters. The van der Waals surface area contributed by atoms with Gasteiger partial charge in [-0.25, -0.2) is 13.1 Å². The van der Waals surface area contributed by atoms with Crippen LogP contribution in [-0.2, 0) is 0 Å². The summed E-state index contributed by atoms with van der Waals surface area (Å²) in [6.07, 6.45) is 15.6. The normalized spacial score (nSPS) is 61.4. The highest BCUT2D eigenvalue weighted by Gasteiger charge is 2.76. The van der Waals surface area contributed by atoms with Crippen LogP contribution >= 0.6 is 0 Å². The number of hydrogen-bond acceptors (Lipinski definition) is 0. The van der Waals surface area contributed by atoms with Crippen molar-refractivity contribution in [3.05, 3.63) is 22.8 Å². The molecule has 0 N–H and O–H groups in total. The predicted molar refractivity (Wildman–Crippen MR) is 102 cm³/mol. The Morgan fingerprint density at radius 1 is 0.769 bits per heavy atom. The van der Waals surface area contributed by atoms with Crippen LogP contribution in [0.2, 0.25) is 0 Å². The standard InChI is InChI=1S/C24H32N2/c1-4-20-23(11-18-6-19(12-23)14-24(20,13-18)26-3)21-7-16-5-17(8-21)10-22(9-16,15-21)25-2/h16-20H,4-15H2,1H3. The van der Waals surface area contributed by atoms with Crippen molar-refractivity contribution in [2.75, 3.05) is 0 Å². The van der Waals surface area contributed by atoms with Crippen molar-refractivity contribution >= 4 is 0 Å². The summed E-state index contributed by atoms with van der Waals surface area (Å²) in [4.78, 5) is 8.76. The van der Waals surface area contributed by atoms with Crippen molar-refractivity contribution in [2.24, 2.45) is 40.4 Å². The zero-order valence-electron chi connectivity index (χ0n) is 16.3. The van der Waals surface area contributed by atoms with E-state index in [1.807, 2.05) is 0 Å². The molecule has 0 aromatic heterocycles. The maximum absolute atomic E-state index is 8.19. The van der Waals surface area contributed by atoms with Crippen LogP contribution in [-0.4, -0.2) is 11.1 Å². The molecular weight excluding hydrogens is 316 g/mol. The highest BCUT2D eigenvalue weighted by atomic mass is 14.9. The summed E-state index contributed by atoms with van der Waals surface area (Å²) in [7, 11) is 0. The van der Waals surface area contributed by atoms with Crippen LogP contribution in [0.15, 0.2) is 0 Å². The predicted octanol–water partition coefficient (Wildman–Crippen LogP) is 6.14. The summed E-state index contributed by atoms with van der Waals surface area (Å²) in [6, 6.07) is 0. The zero-order valence-corrected chi connectivity index (χ0v) is 16.3. The first-order valence-electron chi connectivity index (χ1n) is 11.3. The first-order valence-corrected chi connectivity index (χ1v) is 11.3. The van der Waals surface area contributed by atoms with E-state index in [1.165, 1.54) is 77.0 Å². The van der Waals surface area contributed by atoms with Gasteiger partial charge in [-0.15, -0.1) is 0 Å². The van der Waals surface area contributed by atoms with E-state index < -0.39 is 0 Å². The van der Waals surface area contributed by atoms with Crippen molar-refractivity contribution in [3.8, 4) is 0 Å². The largest absolute Gasteiger partial charge is 0.310 e. The summed E-state index contributed by atoms with van der Waals surface area (Å²) in [5, 5.41) is 0.